The van der Waals surface area contributed by atoms with Gasteiger partial charge in [0.15, 0.2) is 5.65 Å². The predicted molar refractivity (Wildman–Crippen MR) is 70.4 cm³/mol. The Morgan fingerprint density at radius 3 is 2.59 bits per heavy atom. The number of fused-ring (bicyclic) bond motifs is 1. The minimum absolute atomic E-state index is 0.679. The molecular formula is C14H11ClN2. The standard InChI is InChI=1S/C14H11ClN2/c1-10-13(11-6-3-2-4-7-11)17-9-5-8-12(15)14(17)16-10/h2-9H,1H3. The quantitative estimate of drug-likeness (QED) is 0.631. The smallest absolute Gasteiger partial charge is 0.156 e. The van der Waals surface area contributed by atoms with Crippen molar-refractivity contribution in [1.82, 2.24) is 9.38 Å². The Balaban J connectivity index is 2.37. The van der Waals surface area contributed by atoms with Crippen molar-refractivity contribution in [3.05, 3.63) is 59.4 Å². The molecule has 0 N–H and O–H groups in total. The highest BCUT2D eigenvalue weighted by Crippen LogP contribution is 2.27. The molecule has 3 heteroatoms. The summed E-state index contributed by atoms with van der Waals surface area (Å²) in [7, 11) is 0. The largest absolute Gasteiger partial charge is 0.298 e. The summed E-state index contributed by atoms with van der Waals surface area (Å²) in [4.78, 5) is 4.52. The highest BCUT2D eigenvalue weighted by Gasteiger charge is 2.11. The van der Waals surface area contributed by atoms with E-state index in [0.29, 0.717) is 5.02 Å². The lowest BCUT2D eigenvalue weighted by molar-refractivity contribution is 1.19. The second-order valence-electron chi connectivity index (χ2n) is 3.96. The molecule has 0 bridgehead atoms. The lowest BCUT2D eigenvalue weighted by atomic mass is 10.1. The molecule has 2 nitrogen and oxygen atoms in total. The molecule has 0 atom stereocenters. The summed E-state index contributed by atoms with van der Waals surface area (Å²) in [6.07, 6.45) is 1.99. The summed E-state index contributed by atoms with van der Waals surface area (Å²) >= 11 is 6.15. The summed E-state index contributed by atoms with van der Waals surface area (Å²) in [5.41, 5.74) is 4.05. The third kappa shape index (κ3) is 1.61. The number of nitrogens with zero attached hydrogens (tertiary/aromatic N) is 2. The van der Waals surface area contributed by atoms with Crippen molar-refractivity contribution >= 4 is 17.2 Å². The van der Waals surface area contributed by atoms with Crippen molar-refractivity contribution in [2.24, 2.45) is 0 Å². The van der Waals surface area contributed by atoms with Gasteiger partial charge in [-0.3, -0.25) is 4.40 Å². The molecule has 0 aliphatic carbocycles. The second-order valence-corrected chi connectivity index (χ2v) is 4.37. The van der Waals surface area contributed by atoms with E-state index >= 15 is 0 Å². The van der Waals surface area contributed by atoms with Crippen LogP contribution in [0, 0.1) is 6.92 Å². The monoisotopic (exact) mass is 242 g/mol. The van der Waals surface area contributed by atoms with Crippen LogP contribution in [-0.4, -0.2) is 9.38 Å². The fraction of sp³-hybridized carbons (Fsp3) is 0.0714. The third-order valence-electron chi connectivity index (χ3n) is 2.82. The zero-order chi connectivity index (χ0) is 11.8. The Labute approximate surface area is 104 Å². The maximum absolute atomic E-state index is 6.15. The van der Waals surface area contributed by atoms with Gasteiger partial charge in [0.2, 0.25) is 0 Å². The number of benzene rings is 1. The van der Waals surface area contributed by atoms with E-state index in [1.54, 1.807) is 0 Å². The average molecular weight is 243 g/mol. The zero-order valence-electron chi connectivity index (χ0n) is 9.39. The van der Waals surface area contributed by atoms with Crippen molar-refractivity contribution < 1.29 is 0 Å². The lowest BCUT2D eigenvalue weighted by Crippen LogP contribution is -1.88. The Hall–Kier alpha value is -1.80. The Morgan fingerprint density at radius 1 is 1.06 bits per heavy atom. The summed E-state index contributed by atoms with van der Waals surface area (Å²) in [5, 5.41) is 0.679. The molecule has 3 aromatic rings. The van der Waals surface area contributed by atoms with Gasteiger partial charge in [0, 0.05) is 11.8 Å². The first kappa shape index (κ1) is 10.4. The minimum Gasteiger partial charge on any atom is -0.298 e. The van der Waals surface area contributed by atoms with Crippen LogP contribution >= 0.6 is 11.6 Å². The van der Waals surface area contributed by atoms with Crippen molar-refractivity contribution in [1.29, 1.82) is 0 Å². The molecule has 0 radical (unpaired) electrons. The first-order valence-corrected chi connectivity index (χ1v) is 5.84. The number of halogens is 1. The van der Waals surface area contributed by atoms with E-state index in [-0.39, 0.29) is 0 Å². The SMILES string of the molecule is Cc1nc2c(Cl)cccn2c1-c1ccccc1. The van der Waals surface area contributed by atoms with Gasteiger partial charge in [0.1, 0.15) is 0 Å². The Bertz CT molecular complexity index is 671. The molecule has 0 saturated carbocycles. The molecule has 84 valence electrons. The van der Waals surface area contributed by atoms with Gasteiger partial charge >= 0.3 is 0 Å². The van der Waals surface area contributed by atoms with Crippen LogP contribution in [-0.2, 0) is 0 Å². The van der Waals surface area contributed by atoms with E-state index in [2.05, 4.69) is 17.1 Å². The maximum Gasteiger partial charge on any atom is 0.156 e. The number of aromatic nitrogens is 2. The number of rotatable bonds is 1. The van der Waals surface area contributed by atoms with Crippen molar-refractivity contribution in [3.63, 3.8) is 0 Å². The normalized spacial score (nSPS) is 10.9. The summed E-state index contributed by atoms with van der Waals surface area (Å²) < 4.78 is 2.03. The fourth-order valence-electron chi connectivity index (χ4n) is 2.09. The van der Waals surface area contributed by atoms with Crippen LogP contribution in [0.3, 0.4) is 0 Å². The number of hydrogen-bond donors (Lipinski definition) is 0. The number of aryl methyl sites for hydroxylation is 1. The molecule has 2 heterocycles. The predicted octanol–water partition coefficient (Wildman–Crippen LogP) is 3.96. The second kappa shape index (κ2) is 3.90. The lowest BCUT2D eigenvalue weighted by Gasteiger charge is -2.03. The third-order valence-corrected chi connectivity index (χ3v) is 3.12. The Kier molecular flexibility index (Phi) is 2.37. The summed E-state index contributed by atoms with van der Waals surface area (Å²) in [5.74, 6) is 0. The van der Waals surface area contributed by atoms with Crippen LogP contribution in [0.5, 0.6) is 0 Å². The van der Waals surface area contributed by atoms with Crippen LogP contribution in [0.15, 0.2) is 48.7 Å². The first-order valence-electron chi connectivity index (χ1n) is 5.46. The molecular weight excluding hydrogens is 232 g/mol. The highest BCUT2D eigenvalue weighted by atomic mass is 35.5. The number of hydrogen-bond acceptors (Lipinski definition) is 1. The van der Waals surface area contributed by atoms with E-state index < -0.39 is 0 Å². The molecule has 0 spiro atoms. The van der Waals surface area contributed by atoms with Crippen LogP contribution in [0.4, 0.5) is 0 Å². The topological polar surface area (TPSA) is 17.3 Å². The number of imidazole rings is 1. The van der Waals surface area contributed by atoms with E-state index in [4.69, 9.17) is 11.6 Å². The van der Waals surface area contributed by atoms with Gasteiger partial charge in [0.25, 0.3) is 0 Å². The van der Waals surface area contributed by atoms with E-state index in [1.165, 1.54) is 0 Å². The van der Waals surface area contributed by atoms with Crippen molar-refractivity contribution in [2.75, 3.05) is 0 Å². The van der Waals surface area contributed by atoms with Gasteiger partial charge in [-0.15, -0.1) is 0 Å². The highest BCUT2D eigenvalue weighted by molar-refractivity contribution is 6.33. The van der Waals surface area contributed by atoms with Gasteiger partial charge in [-0.05, 0) is 19.1 Å². The van der Waals surface area contributed by atoms with Gasteiger partial charge in [-0.25, -0.2) is 4.98 Å². The van der Waals surface area contributed by atoms with Crippen molar-refractivity contribution in [2.45, 2.75) is 6.92 Å². The van der Waals surface area contributed by atoms with Crippen LogP contribution < -0.4 is 0 Å². The first-order chi connectivity index (χ1) is 8.27. The molecule has 3 rings (SSSR count). The molecule has 0 amide bonds. The van der Waals surface area contributed by atoms with Crippen LogP contribution in [0.2, 0.25) is 5.02 Å². The fourth-order valence-corrected chi connectivity index (χ4v) is 2.30. The molecule has 0 fully saturated rings. The van der Waals surface area contributed by atoms with E-state index in [1.807, 2.05) is 47.9 Å². The van der Waals surface area contributed by atoms with Gasteiger partial charge in [-0.1, -0.05) is 41.9 Å². The summed E-state index contributed by atoms with van der Waals surface area (Å²) in [6, 6.07) is 14.0. The average Bonchev–Trinajstić information content (AvgIpc) is 2.68. The number of pyridine rings is 1. The molecule has 1 aromatic carbocycles. The molecule has 0 aliphatic heterocycles. The minimum atomic E-state index is 0.679. The van der Waals surface area contributed by atoms with E-state index in [0.717, 1.165) is 22.6 Å². The Morgan fingerprint density at radius 2 is 1.82 bits per heavy atom. The molecule has 0 saturated heterocycles. The van der Waals surface area contributed by atoms with Gasteiger partial charge in [-0.2, -0.15) is 0 Å². The molecule has 17 heavy (non-hydrogen) atoms. The van der Waals surface area contributed by atoms with Gasteiger partial charge < -0.3 is 0 Å². The zero-order valence-corrected chi connectivity index (χ0v) is 10.1. The van der Waals surface area contributed by atoms with Crippen molar-refractivity contribution in [3.8, 4) is 11.3 Å². The summed E-state index contributed by atoms with van der Waals surface area (Å²) in [6.45, 7) is 2.01. The van der Waals surface area contributed by atoms with Gasteiger partial charge in [0.05, 0.1) is 16.4 Å². The molecule has 0 unspecified atom stereocenters. The van der Waals surface area contributed by atoms with Crippen LogP contribution in [0.25, 0.3) is 16.9 Å². The van der Waals surface area contributed by atoms with E-state index in [9.17, 15) is 0 Å². The van der Waals surface area contributed by atoms with Crippen LogP contribution in [0.1, 0.15) is 5.69 Å². The maximum atomic E-state index is 6.15. The molecule has 2 aromatic heterocycles. The molecule has 0 aliphatic rings.